The first-order valence-corrected chi connectivity index (χ1v) is 12.2. The lowest BCUT2D eigenvalue weighted by Crippen LogP contribution is -2.75. The highest BCUT2D eigenvalue weighted by Crippen LogP contribution is 2.54. The van der Waals surface area contributed by atoms with Gasteiger partial charge in [-0.3, -0.25) is 4.90 Å². The van der Waals surface area contributed by atoms with Crippen LogP contribution in [0.5, 0.6) is 0 Å². The number of rotatable bonds is 5. The highest BCUT2D eigenvalue weighted by molar-refractivity contribution is 5.77. The quantitative estimate of drug-likeness (QED) is 0.632. The Hall–Kier alpha value is -2.70. The van der Waals surface area contributed by atoms with Crippen LogP contribution in [0.4, 0.5) is 18.0 Å². The van der Waals surface area contributed by atoms with Gasteiger partial charge in [0.15, 0.2) is 5.82 Å². The van der Waals surface area contributed by atoms with Crippen LogP contribution in [0.3, 0.4) is 0 Å². The van der Waals surface area contributed by atoms with Gasteiger partial charge in [-0.2, -0.15) is 18.2 Å². The predicted octanol–water partition coefficient (Wildman–Crippen LogP) is 2.21. The van der Waals surface area contributed by atoms with Crippen LogP contribution in [0.1, 0.15) is 49.3 Å². The third-order valence-electron chi connectivity index (χ3n) is 8.27. The van der Waals surface area contributed by atoms with E-state index >= 15 is 0 Å². The summed E-state index contributed by atoms with van der Waals surface area (Å²) in [6.07, 6.45) is 1.55. The van der Waals surface area contributed by atoms with E-state index < -0.39 is 12.0 Å². The van der Waals surface area contributed by atoms with E-state index in [0.29, 0.717) is 25.5 Å². The van der Waals surface area contributed by atoms with Gasteiger partial charge in [0.2, 0.25) is 5.89 Å². The van der Waals surface area contributed by atoms with E-state index in [1.807, 2.05) is 9.80 Å². The molecule has 0 N–H and O–H groups in total. The molecular formula is C22H27F3N8O2. The second-order valence-corrected chi connectivity index (χ2v) is 11.5. The fourth-order valence-corrected chi connectivity index (χ4v) is 6.39. The Balaban J connectivity index is 0.835. The number of carbonyl (C=O) groups is 1. The number of halogens is 3. The molecule has 0 aromatic carbocycles. The maximum atomic E-state index is 12.8. The molecule has 2 saturated carbocycles. The number of hydrogen-bond donors (Lipinski definition) is 0. The Kier molecular flexibility index (Phi) is 4.42. The van der Waals surface area contributed by atoms with Gasteiger partial charge >= 0.3 is 12.2 Å². The van der Waals surface area contributed by atoms with E-state index in [1.165, 1.54) is 17.5 Å². The van der Waals surface area contributed by atoms with Crippen LogP contribution in [0, 0.1) is 16.7 Å². The lowest BCUT2D eigenvalue weighted by atomic mass is 9.60. The van der Waals surface area contributed by atoms with E-state index in [9.17, 15) is 18.0 Å². The maximum Gasteiger partial charge on any atom is 0.453 e. The molecule has 0 unspecified atom stereocenters. The Morgan fingerprint density at radius 2 is 1.74 bits per heavy atom. The normalized spacial score (nSPS) is 25.3. The van der Waals surface area contributed by atoms with Gasteiger partial charge in [0.1, 0.15) is 6.33 Å². The predicted molar refractivity (Wildman–Crippen MR) is 113 cm³/mol. The minimum Gasteiger partial charge on any atom is -0.338 e. The molecule has 13 heteroatoms. The molecule has 0 radical (unpaired) electrons. The summed E-state index contributed by atoms with van der Waals surface area (Å²) >= 11 is 0. The highest BCUT2D eigenvalue weighted by Gasteiger charge is 2.58. The lowest BCUT2D eigenvalue weighted by Gasteiger charge is -2.63. The van der Waals surface area contributed by atoms with Gasteiger partial charge in [-0.1, -0.05) is 5.16 Å². The van der Waals surface area contributed by atoms with E-state index in [-0.39, 0.29) is 22.9 Å². The third kappa shape index (κ3) is 3.78. The highest BCUT2D eigenvalue weighted by atomic mass is 19.4. The number of amides is 2. The van der Waals surface area contributed by atoms with Gasteiger partial charge < -0.3 is 14.3 Å². The molecule has 2 aromatic rings. The summed E-state index contributed by atoms with van der Waals surface area (Å²) in [4.78, 5) is 26.8. The van der Waals surface area contributed by atoms with Gasteiger partial charge in [0.05, 0.1) is 12.6 Å². The molecule has 2 aromatic heterocycles. The topological polar surface area (TPSA) is 96.4 Å². The molecular weight excluding hydrogens is 465 g/mol. The molecule has 3 aliphatic heterocycles. The van der Waals surface area contributed by atoms with Crippen LogP contribution < -0.4 is 0 Å². The number of alkyl halides is 3. The van der Waals surface area contributed by atoms with Gasteiger partial charge in [-0.15, -0.1) is 5.10 Å². The van der Waals surface area contributed by atoms with Gasteiger partial charge in [0.25, 0.3) is 5.82 Å². The molecule has 2 spiro atoms. The summed E-state index contributed by atoms with van der Waals surface area (Å²) in [5, 5.41) is 7.67. The summed E-state index contributed by atoms with van der Waals surface area (Å²) in [7, 11) is 0. The van der Waals surface area contributed by atoms with Gasteiger partial charge in [0, 0.05) is 56.5 Å². The van der Waals surface area contributed by atoms with Gasteiger partial charge in [-0.05, 0) is 31.6 Å². The molecule has 5 heterocycles. The number of nitrogens with zero attached hydrogens (tertiary/aromatic N) is 8. The molecule has 3 saturated heterocycles. The van der Waals surface area contributed by atoms with Crippen LogP contribution in [0.15, 0.2) is 10.9 Å². The zero-order chi connectivity index (χ0) is 24.0. The van der Waals surface area contributed by atoms with Crippen molar-refractivity contribution in [2.75, 3.05) is 39.3 Å². The lowest BCUT2D eigenvalue weighted by molar-refractivity contribution is -0.145. The van der Waals surface area contributed by atoms with Crippen molar-refractivity contribution in [3.8, 4) is 0 Å². The Morgan fingerprint density at radius 3 is 2.37 bits per heavy atom. The third-order valence-corrected chi connectivity index (χ3v) is 8.27. The van der Waals surface area contributed by atoms with Crippen molar-refractivity contribution in [3.63, 3.8) is 0 Å². The standard InChI is InChI=1S/C22H27F3N8O2/c23-22(24,25)18-26-13-33(28-18)15-4-20(5-15)9-31(10-20)19(34)32-11-21(12-32)7-30(8-21)6-17-27-16(29-35-17)3-14-1-2-14/h13-15H,1-12H2. The Labute approximate surface area is 199 Å². The molecule has 188 valence electrons. The number of hydrogen-bond acceptors (Lipinski definition) is 7. The molecule has 7 rings (SSSR count). The second kappa shape index (κ2) is 7.17. The van der Waals surface area contributed by atoms with E-state index in [1.54, 1.807) is 0 Å². The molecule has 0 bridgehead atoms. The Morgan fingerprint density at radius 1 is 1.06 bits per heavy atom. The largest absolute Gasteiger partial charge is 0.453 e. The van der Waals surface area contributed by atoms with Crippen LogP contribution in [-0.2, 0) is 19.1 Å². The van der Waals surface area contributed by atoms with Crippen molar-refractivity contribution < 1.29 is 22.5 Å². The first-order chi connectivity index (χ1) is 16.7. The minimum atomic E-state index is -4.52. The molecule has 35 heavy (non-hydrogen) atoms. The van der Waals surface area contributed by atoms with Crippen molar-refractivity contribution in [3.05, 3.63) is 23.9 Å². The first kappa shape index (κ1) is 21.6. The summed E-state index contributed by atoms with van der Waals surface area (Å²) in [6, 6.07) is -0.00221. The SMILES string of the molecule is O=C(N1CC2(CC(n3cnc(C(F)(F)F)n3)C2)C1)N1CC2(CN(Cc3nc(CC4CC4)no3)C2)C1. The van der Waals surface area contributed by atoms with E-state index in [0.717, 1.165) is 63.5 Å². The van der Waals surface area contributed by atoms with Crippen molar-refractivity contribution in [1.29, 1.82) is 0 Å². The molecule has 2 aliphatic carbocycles. The van der Waals surface area contributed by atoms with Crippen LogP contribution in [-0.4, -0.2) is 84.9 Å². The summed E-state index contributed by atoms with van der Waals surface area (Å²) < 4.78 is 44.9. The van der Waals surface area contributed by atoms with Gasteiger partial charge in [-0.25, -0.2) is 14.5 Å². The van der Waals surface area contributed by atoms with E-state index in [2.05, 4.69) is 25.1 Å². The molecule has 5 aliphatic rings. The number of carbonyl (C=O) groups excluding carboxylic acids is 1. The average molecular weight is 493 g/mol. The maximum absolute atomic E-state index is 12.8. The monoisotopic (exact) mass is 492 g/mol. The molecule has 10 nitrogen and oxygen atoms in total. The molecule has 2 amide bonds. The van der Waals surface area contributed by atoms with Crippen LogP contribution in [0.25, 0.3) is 0 Å². The smallest absolute Gasteiger partial charge is 0.338 e. The summed E-state index contributed by atoms with van der Waals surface area (Å²) in [5.41, 5.74) is 0.197. The fraction of sp³-hybridized carbons (Fsp3) is 0.773. The van der Waals surface area contributed by atoms with Crippen molar-refractivity contribution in [1.82, 2.24) is 39.6 Å². The van der Waals surface area contributed by atoms with Crippen molar-refractivity contribution >= 4 is 6.03 Å². The van der Waals surface area contributed by atoms with Crippen LogP contribution >= 0.6 is 0 Å². The van der Waals surface area contributed by atoms with E-state index in [4.69, 9.17) is 4.52 Å². The van der Waals surface area contributed by atoms with Crippen LogP contribution in [0.2, 0.25) is 0 Å². The molecule has 0 atom stereocenters. The first-order valence-electron chi connectivity index (χ1n) is 12.2. The molecule has 5 fully saturated rings. The average Bonchev–Trinajstić information content (AvgIpc) is 3.16. The minimum absolute atomic E-state index is 0.0168. The van der Waals surface area contributed by atoms with Crippen molar-refractivity contribution in [2.24, 2.45) is 16.7 Å². The fourth-order valence-electron chi connectivity index (χ4n) is 6.39. The summed E-state index contributed by atoms with van der Waals surface area (Å²) in [5.74, 6) is 1.13. The number of likely N-dealkylation sites (tertiary alicyclic amines) is 3. The second-order valence-electron chi connectivity index (χ2n) is 11.5. The zero-order valence-electron chi connectivity index (χ0n) is 19.2. The Bertz CT molecular complexity index is 1130. The zero-order valence-corrected chi connectivity index (χ0v) is 19.2. The van der Waals surface area contributed by atoms with Crippen molar-refractivity contribution in [2.45, 2.75) is 50.9 Å². The number of urea groups is 1. The number of aromatic nitrogens is 5. The summed E-state index contributed by atoms with van der Waals surface area (Å²) in [6.45, 7) is 5.40.